The zero-order chi connectivity index (χ0) is 24.8. The van der Waals surface area contributed by atoms with Crippen LogP contribution in [0.3, 0.4) is 0 Å². The SMILES string of the molecule is CN(C)CCN(C)Cc1ccccc1-c1ccc(C2=NOC(CCC(=O)c3ccc(Cl)s3)C2)cc1. The minimum Gasteiger partial charge on any atom is -0.392 e. The van der Waals surface area contributed by atoms with E-state index in [1.807, 2.05) is 0 Å². The molecule has 0 saturated heterocycles. The lowest BCUT2D eigenvalue weighted by Crippen LogP contribution is -2.28. The van der Waals surface area contributed by atoms with Crippen LogP contribution in [0.5, 0.6) is 0 Å². The summed E-state index contributed by atoms with van der Waals surface area (Å²) in [6.45, 7) is 2.97. The van der Waals surface area contributed by atoms with Gasteiger partial charge in [-0.1, -0.05) is 65.3 Å². The van der Waals surface area contributed by atoms with Gasteiger partial charge in [-0.05, 0) is 62.0 Å². The minimum absolute atomic E-state index is 0.0671. The highest BCUT2D eigenvalue weighted by atomic mass is 35.5. The highest BCUT2D eigenvalue weighted by molar-refractivity contribution is 7.18. The molecule has 7 heteroatoms. The molecule has 0 radical (unpaired) electrons. The van der Waals surface area contributed by atoms with Crippen LogP contribution in [0.25, 0.3) is 11.1 Å². The first-order valence-electron chi connectivity index (χ1n) is 11.9. The molecule has 1 unspecified atom stereocenters. The highest BCUT2D eigenvalue weighted by Crippen LogP contribution is 2.28. The van der Waals surface area contributed by atoms with Gasteiger partial charge in [0.2, 0.25) is 0 Å². The average Bonchev–Trinajstić information content (AvgIpc) is 3.51. The molecule has 1 aliphatic rings. The second kappa shape index (κ2) is 12.0. The molecule has 0 aliphatic carbocycles. The number of carbonyl (C=O) groups is 1. The van der Waals surface area contributed by atoms with Crippen molar-refractivity contribution in [1.29, 1.82) is 0 Å². The van der Waals surface area contributed by atoms with Gasteiger partial charge in [0.25, 0.3) is 0 Å². The van der Waals surface area contributed by atoms with E-state index in [0.717, 1.165) is 30.9 Å². The summed E-state index contributed by atoms with van der Waals surface area (Å²) in [5, 5.41) is 4.31. The molecule has 35 heavy (non-hydrogen) atoms. The number of Topliss-reactive ketones (excluding diaryl/α,β-unsaturated/α-hetero) is 1. The molecule has 5 nitrogen and oxygen atoms in total. The molecule has 4 rings (SSSR count). The molecule has 2 aromatic carbocycles. The molecule has 0 fully saturated rings. The van der Waals surface area contributed by atoms with E-state index in [-0.39, 0.29) is 11.9 Å². The maximum atomic E-state index is 12.4. The Bertz CT molecular complexity index is 1170. The first-order chi connectivity index (χ1) is 16.9. The second-order valence-corrected chi connectivity index (χ2v) is 11.0. The number of hydrogen-bond acceptors (Lipinski definition) is 6. The molecule has 0 N–H and O–H groups in total. The highest BCUT2D eigenvalue weighted by Gasteiger charge is 2.23. The predicted octanol–water partition coefficient (Wildman–Crippen LogP) is 6.22. The maximum absolute atomic E-state index is 12.4. The fraction of sp³-hybridized carbons (Fsp3) is 0.357. The van der Waals surface area contributed by atoms with Crippen molar-refractivity contribution in [1.82, 2.24) is 9.80 Å². The van der Waals surface area contributed by atoms with Crippen LogP contribution in [0.2, 0.25) is 4.34 Å². The van der Waals surface area contributed by atoms with Crippen molar-refractivity contribution in [3.05, 3.63) is 81.0 Å². The van der Waals surface area contributed by atoms with Crippen LogP contribution in [0.15, 0.2) is 65.8 Å². The fourth-order valence-corrected chi connectivity index (χ4v) is 5.17. The summed E-state index contributed by atoms with van der Waals surface area (Å²) >= 11 is 7.27. The van der Waals surface area contributed by atoms with Crippen LogP contribution in [-0.2, 0) is 11.4 Å². The minimum atomic E-state index is -0.0671. The van der Waals surface area contributed by atoms with Crippen molar-refractivity contribution < 1.29 is 9.63 Å². The number of halogens is 1. The molecule has 1 atom stereocenters. The van der Waals surface area contributed by atoms with E-state index in [0.29, 0.717) is 28.5 Å². The number of nitrogens with zero attached hydrogens (tertiary/aromatic N) is 3. The zero-order valence-corrected chi connectivity index (χ0v) is 22.1. The molecular weight excluding hydrogens is 478 g/mol. The van der Waals surface area contributed by atoms with Crippen LogP contribution < -0.4 is 0 Å². The lowest BCUT2D eigenvalue weighted by atomic mass is 9.96. The number of carbonyl (C=O) groups excluding carboxylic acids is 1. The molecule has 1 aliphatic heterocycles. The average molecular weight is 510 g/mol. The topological polar surface area (TPSA) is 45.1 Å². The third kappa shape index (κ3) is 7.01. The van der Waals surface area contributed by atoms with E-state index < -0.39 is 0 Å². The summed E-state index contributed by atoms with van der Waals surface area (Å²) in [5.74, 6) is 0.106. The number of benzene rings is 2. The molecule has 2 heterocycles. The van der Waals surface area contributed by atoms with E-state index in [2.05, 4.69) is 84.6 Å². The zero-order valence-electron chi connectivity index (χ0n) is 20.5. The normalized spacial score (nSPS) is 15.5. The van der Waals surface area contributed by atoms with Crippen LogP contribution >= 0.6 is 22.9 Å². The van der Waals surface area contributed by atoms with Crippen LogP contribution in [-0.4, -0.2) is 61.6 Å². The van der Waals surface area contributed by atoms with Gasteiger partial charge in [0.15, 0.2) is 5.78 Å². The van der Waals surface area contributed by atoms with Crippen molar-refractivity contribution in [2.24, 2.45) is 5.16 Å². The number of hydrogen-bond donors (Lipinski definition) is 0. The van der Waals surface area contributed by atoms with E-state index >= 15 is 0 Å². The van der Waals surface area contributed by atoms with Crippen molar-refractivity contribution in [2.75, 3.05) is 34.2 Å². The van der Waals surface area contributed by atoms with Crippen LogP contribution in [0.1, 0.15) is 40.1 Å². The first kappa shape index (κ1) is 25.6. The molecule has 0 spiro atoms. The Balaban J connectivity index is 1.34. The number of likely N-dealkylation sites (N-methyl/N-ethyl adjacent to an activating group) is 2. The standard InChI is InChI=1S/C28H32ClN3O2S/c1-31(2)16-17-32(3)19-22-6-4-5-7-24(22)20-8-10-21(11-9-20)25-18-23(34-30-25)12-13-26(33)27-14-15-28(29)35-27/h4-11,14-15,23H,12-13,16-19H2,1-3H3. The Morgan fingerprint density at radius 1 is 1.03 bits per heavy atom. The largest absolute Gasteiger partial charge is 0.392 e. The lowest BCUT2D eigenvalue weighted by molar-refractivity contribution is 0.0720. The number of rotatable bonds is 11. The Kier molecular flexibility index (Phi) is 8.74. The summed E-state index contributed by atoms with van der Waals surface area (Å²) in [7, 11) is 6.37. The monoisotopic (exact) mass is 509 g/mol. The van der Waals surface area contributed by atoms with Crippen molar-refractivity contribution in [3.8, 4) is 11.1 Å². The van der Waals surface area contributed by atoms with Gasteiger partial charge in [-0.15, -0.1) is 11.3 Å². The summed E-state index contributed by atoms with van der Waals surface area (Å²) in [4.78, 5) is 23.3. The summed E-state index contributed by atoms with van der Waals surface area (Å²) < 4.78 is 0.638. The van der Waals surface area contributed by atoms with E-state index in [1.54, 1.807) is 12.1 Å². The van der Waals surface area contributed by atoms with Gasteiger partial charge in [0.1, 0.15) is 6.10 Å². The second-order valence-electron chi connectivity index (χ2n) is 9.31. The van der Waals surface area contributed by atoms with Gasteiger partial charge in [-0.3, -0.25) is 4.79 Å². The number of oxime groups is 1. The molecule has 0 saturated carbocycles. The van der Waals surface area contributed by atoms with Crippen molar-refractivity contribution >= 4 is 34.4 Å². The van der Waals surface area contributed by atoms with E-state index in [4.69, 9.17) is 16.4 Å². The Hall–Kier alpha value is -2.51. The summed E-state index contributed by atoms with van der Waals surface area (Å²) in [5.41, 5.74) is 5.77. The smallest absolute Gasteiger partial charge is 0.172 e. The van der Waals surface area contributed by atoms with E-state index in [9.17, 15) is 4.79 Å². The quantitative estimate of drug-likeness (QED) is 0.288. The van der Waals surface area contributed by atoms with Crippen molar-refractivity contribution in [2.45, 2.75) is 31.9 Å². The predicted molar refractivity (Wildman–Crippen MR) is 146 cm³/mol. The fourth-order valence-electron chi connectivity index (χ4n) is 4.16. The number of ketones is 1. The van der Waals surface area contributed by atoms with Gasteiger partial charge in [-0.25, -0.2) is 0 Å². The Labute approximate surface area is 217 Å². The summed E-state index contributed by atoms with van der Waals surface area (Å²) in [6.07, 6.45) is 1.73. The molecular formula is C28H32ClN3O2S. The Morgan fingerprint density at radius 3 is 2.49 bits per heavy atom. The molecule has 0 amide bonds. The lowest BCUT2D eigenvalue weighted by Gasteiger charge is -2.21. The van der Waals surface area contributed by atoms with Gasteiger partial charge in [-0.2, -0.15) is 0 Å². The molecule has 184 valence electrons. The third-order valence-corrected chi connectivity index (χ3v) is 7.46. The Morgan fingerprint density at radius 2 is 1.77 bits per heavy atom. The van der Waals surface area contributed by atoms with Gasteiger partial charge < -0.3 is 14.6 Å². The number of thiophene rings is 1. The van der Waals surface area contributed by atoms with Gasteiger partial charge >= 0.3 is 0 Å². The van der Waals surface area contributed by atoms with Crippen LogP contribution in [0.4, 0.5) is 0 Å². The van der Waals surface area contributed by atoms with Gasteiger partial charge in [0.05, 0.1) is 14.9 Å². The van der Waals surface area contributed by atoms with Crippen LogP contribution in [0, 0.1) is 0 Å². The first-order valence-corrected chi connectivity index (χ1v) is 13.1. The molecule has 3 aromatic rings. The van der Waals surface area contributed by atoms with Gasteiger partial charge in [0, 0.05) is 32.5 Å². The summed E-state index contributed by atoms with van der Waals surface area (Å²) in [6, 6.07) is 20.7. The van der Waals surface area contributed by atoms with E-state index in [1.165, 1.54) is 28.0 Å². The molecule has 0 bridgehead atoms. The van der Waals surface area contributed by atoms with Crippen molar-refractivity contribution in [3.63, 3.8) is 0 Å². The third-order valence-electron chi connectivity index (χ3n) is 6.19. The molecule has 1 aromatic heterocycles. The maximum Gasteiger partial charge on any atom is 0.172 e.